The number of nitrogens with one attached hydrogen (secondary N) is 1. The molecular weight excluding hydrogens is 317 g/mol. The van der Waals surface area contributed by atoms with E-state index in [1.807, 2.05) is 18.2 Å². The number of benzene rings is 2. The molecule has 0 aromatic heterocycles. The van der Waals surface area contributed by atoms with Crippen LogP contribution < -0.4 is 5.32 Å². The van der Waals surface area contributed by atoms with Crippen molar-refractivity contribution in [1.82, 2.24) is 5.32 Å². The molecule has 0 spiro atoms. The summed E-state index contributed by atoms with van der Waals surface area (Å²) < 4.78 is 14.3. The van der Waals surface area contributed by atoms with Crippen LogP contribution in [0.1, 0.15) is 36.1 Å². The highest BCUT2D eigenvalue weighted by molar-refractivity contribution is 9.10. The average Bonchev–Trinajstić information content (AvgIpc) is 2.45. The van der Waals surface area contributed by atoms with E-state index in [9.17, 15) is 4.39 Å². The van der Waals surface area contributed by atoms with Crippen LogP contribution in [-0.2, 0) is 0 Å². The Morgan fingerprint density at radius 2 is 1.80 bits per heavy atom. The molecule has 0 aliphatic rings. The summed E-state index contributed by atoms with van der Waals surface area (Å²) in [6, 6.07) is 13.4. The zero-order chi connectivity index (χ0) is 14.5. The zero-order valence-corrected chi connectivity index (χ0v) is 13.4. The lowest BCUT2D eigenvalue weighted by molar-refractivity contribution is 0.578. The van der Waals surface area contributed by atoms with Crippen molar-refractivity contribution < 1.29 is 4.39 Å². The lowest BCUT2D eigenvalue weighted by Crippen LogP contribution is -2.24. The predicted molar refractivity (Wildman–Crippen MR) is 85.4 cm³/mol. The Bertz CT molecular complexity index is 583. The van der Waals surface area contributed by atoms with Gasteiger partial charge in [0, 0.05) is 0 Å². The van der Waals surface area contributed by atoms with E-state index in [0.29, 0.717) is 4.47 Å². The van der Waals surface area contributed by atoms with Gasteiger partial charge in [0.05, 0.1) is 10.5 Å². The van der Waals surface area contributed by atoms with Gasteiger partial charge >= 0.3 is 0 Å². The molecular formula is C17H19BrFN. The molecule has 0 radical (unpaired) electrons. The molecule has 1 nitrogen and oxygen atoms in total. The van der Waals surface area contributed by atoms with E-state index < -0.39 is 0 Å². The summed E-state index contributed by atoms with van der Waals surface area (Å²) in [5, 5.41) is 3.51. The minimum Gasteiger partial charge on any atom is -0.306 e. The third kappa shape index (κ3) is 3.28. The molecule has 0 saturated carbocycles. The maximum absolute atomic E-state index is 13.8. The summed E-state index contributed by atoms with van der Waals surface area (Å²) in [6.07, 6.45) is 1.04. The normalized spacial score (nSPS) is 12.4. The maximum atomic E-state index is 13.8. The van der Waals surface area contributed by atoms with Gasteiger partial charge in [-0.3, -0.25) is 0 Å². The molecule has 0 amide bonds. The predicted octanol–water partition coefficient (Wildman–Crippen LogP) is 4.99. The molecule has 1 unspecified atom stereocenters. The number of aryl methyl sites for hydroxylation is 1. The second-order valence-corrected chi connectivity index (χ2v) is 5.68. The van der Waals surface area contributed by atoms with Crippen LogP contribution >= 0.6 is 15.9 Å². The van der Waals surface area contributed by atoms with Gasteiger partial charge in [-0.2, -0.15) is 0 Å². The van der Waals surface area contributed by atoms with Crippen molar-refractivity contribution in [2.75, 3.05) is 6.54 Å². The Hall–Kier alpha value is -1.19. The fourth-order valence-corrected chi connectivity index (χ4v) is 2.82. The number of rotatable bonds is 5. The van der Waals surface area contributed by atoms with Crippen molar-refractivity contribution in [2.45, 2.75) is 26.3 Å². The Morgan fingerprint density at radius 3 is 2.50 bits per heavy atom. The van der Waals surface area contributed by atoms with Crippen molar-refractivity contribution in [1.29, 1.82) is 0 Å². The quantitative estimate of drug-likeness (QED) is 0.811. The molecule has 0 saturated heterocycles. The van der Waals surface area contributed by atoms with Gasteiger partial charge in [-0.05, 0) is 58.6 Å². The van der Waals surface area contributed by atoms with Crippen molar-refractivity contribution in [3.8, 4) is 0 Å². The molecule has 0 aliphatic carbocycles. The van der Waals surface area contributed by atoms with Crippen molar-refractivity contribution in [2.24, 2.45) is 0 Å². The fourth-order valence-electron chi connectivity index (χ4n) is 2.33. The van der Waals surface area contributed by atoms with E-state index in [0.717, 1.165) is 18.5 Å². The maximum Gasteiger partial charge on any atom is 0.137 e. The summed E-state index contributed by atoms with van der Waals surface area (Å²) in [7, 11) is 0. The van der Waals surface area contributed by atoms with Crippen LogP contribution in [0.15, 0.2) is 46.9 Å². The molecule has 0 aliphatic heterocycles. The minimum absolute atomic E-state index is 0.00113. The van der Waals surface area contributed by atoms with Crippen LogP contribution in [0.5, 0.6) is 0 Å². The highest BCUT2D eigenvalue weighted by atomic mass is 79.9. The summed E-state index contributed by atoms with van der Waals surface area (Å²) in [5.74, 6) is -0.223. The smallest absolute Gasteiger partial charge is 0.137 e. The first-order chi connectivity index (χ1) is 9.65. The van der Waals surface area contributed by atoms with Crippen LogP contribution in [-0.4, -0.2) is 6.54 Å². The van der Waals surface area contributed by atoms with E-state index in [1.165, 1.54) is 17.2 Å². The van der Waals surface area contributed by atoms with Gasteiger partial charge in [-0.25, -0.2) is 4.39 Å². The second kappa shape index (κ2) is 7.00. The van der Waals surface area contributed by atoms with Crippen molar-refractivity contribution in [3.63, 3.8) is 0 Å². The van der Waals surface area contributed by atoms with E-state index in [1.54, 1.807) is 6.07 Å². The van der Waals surface area contributed by atoms with Gasteiger partial charge in [0.15, 0.2) is 0 Å². The van der Waals surface area contributed by atoms with E-state index in [2.05, 4.69) is 47.2 Å². The van der Waals surface area contributed by atoms with Crippen LogP contribution in [0, 0.1) is 12.7 Å². The van der Waals surface area contributed by atoms with Gasteiger partial charge in [-0.1, -0.05) is 43.3 Å². The summed E-state index contributed by atoms with van der Waals surface area (Å²) in [5.41, 5.74) is 3.33. The zero-order valence-electron chi connectivity index (χ0n) is 11.8. The second-order valence-electron chi connectivity index (χ2n) is 4.89. The number of hydrogen-bond acceptors (Lipinski definition) is 1. The summed E-state index contributed by atoms with van der Waals surface area (Å²) in [4.78, 5) is 0. The lowest BCUT2D eigenvalue weighted by Gasteiger charge is -2.22. The molecule has 2 rings (SSSR count). The Labute approximate surface area is 128 Å². The third-order valence-corrected chi connectivity index (χ3v) is 4.23. The van der Waals surface area contributed by atoms with Gasteiger partial charge in [0.2, 0.25) is 0 Å². The van der Waals surface area contributed by atoms with Crippen LogP contribution in [0.25, 0.3) is 0 Å². The number of hydrogen-bond donors (Lipinski definition) is 1. The molecule has 20 heavy (non-hydrogen) atoms. The third-order valence-electron chi connectivity index (χ3n) is 3.39. The largest absolute Gasteiger partial charge is 0.306 e. The molecule has 0 fully saturated rings. The van der Waals surface area contributed by atoms with Gasteiger partial charge < -0.3 is 5.32 Å². The Morgan fingerprint density at radius 1 is 1.10 bits per heavy atom. The minimum atomic E-state index is -0.223. The van der Waals surface area contributed by atoms with E-state index in [-0.39, 0.29) is 11.9 Å². The summed E-state index contributed by atoms with van der Waals surface area (Å²) >= 11 is 3.38. The van der Waals surface area contributed by atoms with Gasteiger partial charge in [-0.15, -0.1) is 0 Å². The van der Waals surface area contributed by atoms with Gasteiger partial charge in [0.1, 0.15) is 5.82 Å². The Kier molecular flexibility index (Phi) is 5.32. The Balaban J connectivity index is 2.47. The van der Waals surface area contributed by atoms with Crippen LogP contribution in [0.2, 0.25) is 0 Å². The van der Waals surface area contributed by atoms with Gasteiger partial charge in [0.25, 0.3) is 0 Å². The molecule has 3 heteroatoms. The monoisotopic (exact) mass is 335 g/mol. The fraction of sp³-hybridized carbons (Fsp3) is 0.294. The molecule has 2 aromatic rings. The van der Waals surface area contributed by atoms with Crippen molar-refractivity contribution in [3.05, 3.63) is 69.4 Å². The first-order valence-corrected chi connectivity index (χ1v) is 7.67. The van der Waals surface area contributed by atoms with Crippen LogP contribution in [0.4, 0.5) is 4.39 Å². The molecule has 1 atom stereocenters. The summed E-state index contributed by atoms with van der Waals surface area (Å²) in [6.45, 7) is 5.10. The molecule has 2 aromatic carbocycles. The van der Waals surface area contributed by atoms with E-state index in [4.69, 9.17) is 0 Å². The highest BCUT2D eigenvalue weighted by Gasteiger charge is 2.19. The highest BCUT2D eigenvalue weighted by Crippen LogP contribution is 2.31. The molecule has 0 bridgehead atoms. The first-order valence-electron chi connectivity index (χ1n) is 6.88. The van der Waals surface area contributed by atoms with E-state index >= 15 is 0 Å². The van der Waals surface area contributed by atoms with Crippen molar-refractivity contribution >= 4 is 15.9 Å². The number of halogens is 2. The lowest BCUT2D eigenvalue weighted by atomic mass is 9.95. The first kappa shape index (κ1) is 15.2. The molecule has 106 valence electrons. The SMILES string of the molecule is CCCNC(c1ccccc1C)c1cccc(F)c1Br. The van der Waals surface area contributed by atoms with Crippen LogP contribution in [0.3, 0.4) is 0 Å². The average molecular weight is 336 g/mol. The molecule has 1 N–H and O–H groups in total. The topological polar surface area (TPSA) is 12.0 Å². The molecule has 0 heterocycles. The standard InChI is InChI=1S/C17H19BrFN/c1-3-11-20-17(13-8-5-4-7-12(13)2)14-9-6-10-15(19)16(14)18/h4-10,17,20H,3,11H2,1-2H3.